The molecule has 0 saturated carbocycles. The number of rotatable bonds is 3. The molecule has 2 aliphatic rings. The summed E-state index contributed by atoms with van der Waals surface area (Å²) in [7, 11) is 0. The smallest absolute Gasteiger partial charge is 0.226 e. The minimum Gasteiger partial charge on any atom is -0.494 e. The number of nitrogens with zero attached hydrogens (tertiary/aromatic N) is 3. The molecule has 0 amide bonds. The number of nitrogens with one attached hydrogen (secondary N) is 1. The summed E-state index contributed by atoms with van der Waals surface area (Å²) in [5, 5.41) is 7.64. The number of ketones is 1. The summed E-state index contributed by atoms with van der Waals surface area (Å²) in [6.07, 6.45) is 2.97. The molecule has 124 valence electrons. The van der Waals surface area contributed by atoms with Gasteiger partial charge in [0.1, 0.15) is 18.1 Å². The van der Waals surface area contributed by atoms with Gasteiger partial charge in [-0.05, 0) is 37.0 Å². The predicted molar refractivity (Wildman–Crippen MR) is 89.8 cm³/mol. The molecule has 2 atom stereocenters. The van der Waals surface area contributed by atoms with Crippen molar-refractivity contribution < 1.29 is 9.53 Å². The number of aromatic nitrogens is 3. The molecule has 6 heteroatoms. The number of fused-ring (bicyclic) bond motifs is 1. The number of carbonyl (C=O) groups excluding carboxylic acids is 1. The molecule has 6 nitrogen and oxygen atoms in total. The van der Waals surface area contributed by atoms with Crippen LogP contribution < -0.4 is 10.1 Å². The minimum atomic E-state index is -0.227. The van der Waals surface area contributed by atoms with Crippen molar-refractivity contribution in [2.24, 2.45) is 5.92 Å². The molecule has 0 bridgehead atoms. The molecule has 0 saturated heterocycles. The lowest BCUT2D eigenvalue weighted by Crippen LogP contribution is -2.33. The van der Waals surface area contributed by atoms with E-state index in [0.29, 0.717) is 24.9 Å². The van der Waals surface area contributed by atoms with Crippen LogP contribution in [-0.2, 0) is 4.79 Å². The lowest BCUT2D eigenvalue weighted by molar-refractivity contribution is -0.117. The van der Waals surface area contributed by atoms with Crippen molar-refractivity contribution in [1.29, 1.82) is 0 Å². The van der Waals surface area contributed by atoms with Crippen LogP contribution in [0.3, 0.4) is 0 Å². The van der Waals surface area contributed by atoms with Gasteiger partial charge in [0.15, 0.2) is 5.78 Å². The van der Waals surface area contributed by atoms with Gasteiger partial charge >= 0.3 is 0 Å². The number of benzene rings is 1. The molecular weight excluding hydrogens is 304 g/mol. The number of allylic oxidation sites excluding steroid dienone is 2. The fourth-order valence-electron chi connectivity index (χ4n) is 3.57. The van der Waals surface area contributed by atoms with Crippen LogP contribution in [0.1, 0.15) is 38.3 Å². The third kappa shape index (κ3) is 2.38. The van der Waals surface area contributed by atoms with Gasteiger partial charge in [-0.2, -0.15) is 10.1 Å². The van der Waals surface area contributed by atoms with E-state index >= 15 is 0 Å². The standard InChI is InChI=1S/C18H20N4O2/c1-3-24-13-6-4-12(5-7-13)17-16-14(8-11(2)9-15(16)23)21-18-19-10-20-22(17)18/h4-7,10-11,17H,3,8-9H2,1-2H3,(H,19,20,21)/t11-,17+/m0/s1. The number of hydrogen-bond donors (Lipinski definition) is 1. The van der Waals surface area contributed by atoms with E-state index < -0.39 is 0 Å². The van der Waals surface area contributed by atoms with Gasteiger partial charge in [0.25, 0.3) is 0 Å². The Bertz CT molecular complexity index is 807. The van der Waals surface area contributed by atoms with Crippen molar-refractivity contribution >= 4 is 11.7 Å². The van der Waals surface area contributed by atoms with Crippen LogP contribution in [0.4, 0.5) is 5.95 Å². The molecule has 2 aromatic rings. The summed E-state index contributed by atoms with van der Waals surface area (Å²) in [6, 6.07) is 7.65. The summed E-state index contributed by atoms with van der Waals surface area (Å²) in [6.45, 7) is 4.70. The summed E-state index contributed by atoms with van der Waals surface area (Å²) in [4.78, 5) is 17.0. The SMILES string of the molecule is CCOc1ccc([C@@H]2C3=C(C[C@H](C)CC3=O)Nc3ncnn32)cc1. The number of Topliss-reactive ketones (excluding diaryl/α,β-unsaturated/α-hetero) is 1. The van der Waals surface area contributed by atoms with Crippen LogP contribution in [0.5, 0.6) is 5.75 Å². The maximum absolute atomic E-state index is 12.7. The second-order valence-electron chi connectivity index (χ2n) is 6.39. The third-order valence-electron chi connectivity index (χ3n) is 4.57. The van der Waals surface area contributed by atoms with Gasteiger partial charge in [0.2, 0.25) is 5.95 Å². The molecular formula is C18H20N4O2. The average molecular weight is 324 g/mol. The quantitative estimate of drug-likeness (QED) is 0.940. The van der Waals surface area contributed by atoms with E-state index in [0.717, 1.165) is 29.0 Å². The number of carbonyl (C=O) groups is 1. The van der Waals surface area contributed by atoms with Gasteiger partial charge in [-0.25, -0.2) is 4.68 Å². The molecule has 0 fully saturated rings. The molecule has 24 heavy (non-hydrogen) atoms. The van der Waals surface area contributed by atoms with Crippen LogP contribution in [0.2, 0.25) is 0 Å². The van der Waals surface area contributed by atoms with E-state index in [1.807, 2.05) is 31.2 Å². The highest BCUT2D eigenvalue weighted by molar-refractivity contribution is 5.99. The van der Waals surface area contributed by atoms with E-state index in [9.17, 15) is 4.79 Å². The first-order chi connectivity index (χ1) is 11.7. The average Bonchev–Trinajstić information content (AvgIpc) is 3.02. The molecule has 0 spiro atoms. The van der Waals surface area contributed by atoms with E-state index in [-0.39, 0.29) is 11.8 Å². The van der Waals surface area contributed by atoms with Crippen molar-refractivity contribution in [3.63, 3.8) is 0 Å². The first kappa shape index (κ1) is 14.9. The zero-order chi connectivity index (χ0) is 16.7. The summed E-state index contributed by atoms with van der Waals surface area (Å²) in [5.74, 6) is 2.05. The molecule has 4 rings (SSSR count). The Balaban J connectivity index is 1.80. The van der Waals surface area contributed by atoms with Crippen molar-refractivity contribution in [2.75, 3.05) is 11.9 Å². The third-order valence-corrected chi connectivity index (χ3v) is 4.57. The molecule has 2 heterocycles. The van der Waals surface area contributed by atoms with Gasteiger partial charge < -0.3 is 10.1 Å². The highest BCUT2D eigenvalue weighted by atomic mass is 16.5. The number of ether oxygens (including phenoxy) is 1. The fraction of sp³-hybridized carbons (Fsp3) is 0.389. The normalized spacial score (nSPS) is 22.7. The first-order valence-electron chi connectivity index (χ1n) is 8.33. The molecule has 1 aliphatic carbocycles. The Morgan fingerprint density at radius 2 is 2.08 bits per heavy atom. The van der Waals surface area contributed by atoms with Gasteiger partial charge in [0.05, 0.1) is 6.61 Å². The van der Waals surface area contributed by atoms with Crippen LogP contribution >= 0.6 is 0 Å². The number of anilines is 1. The maximum atomic E-state index is 12.7. The van der Waals surface area contributed by atoms with Crippen molar-refractivity contribution in [3.05, 3.63) is 47.4 Å². The van der Waals surface area contributed by atoms with E-state index in [2.05, 4.69) is 22.3 Å². The van der Waals surface area contributed by atoms with Gasteiger partial charge in [-0.3, -0.25) is 4.79 Å². The Morgan fingerprint density at radius 3 is 2.83 bits per heavy atom. The molecule has 1 aromatic heterocycles. The lowest BCUT2D eigenvalue weighted by Gasteiger charge is -2.34. The van der Waals surface area contributed by atoms with Gasteiger partial charge in [-0.1, -0.05) is 19.1 Å². The minimum absolute atomic E-state index is 0.191. The molecule has 1 N–H and O–H groups in total. The molecule has 1 aromatic carbocycles. The zero-order valence-corrected chi connectivity index (χ0v) is 13.8. The Morgan fingerprint density at radius 1 is 1.29 bits per heavy atom. The second-order valence-corrected chi connectivity index (χ2v) is 6.39. The van der Waals surface area contributed by atoms with E-state index in [4.69, 9.17) is 4.74 Å². The van der Waals surface area contributed by atoms with Crippen molar-refractivity contribution in [1.82, 2.24) is 14.8 Å². The Hall–Kier alpha value is -2.63. The summed E-state index contributed by atoms with van der Waals surface area (Å²) >= 11 is 0. The topological polar surface area (TPSA) is 69.0 Å². The predicted octanol–water partition coefficient (Wildman–Crippen LogP) is 2.94. The van der Waals surface area contributed by atoms with E-state index in [1.54, 1.807) is 4.68 Å². The highest BCUT2D eigenvalue weighted by Gasteiger charge is 2.37. The molecule has 0 radical (unpaired) electrons. The van der Waals surface area contributed by atoms with Crippen LogP contribution in [0, 0.1) is 5.92 Å². The Kier molecular flexibility index (Phi) is 3.59. The highest BCUT2D eigenvalue weighted by Crippen LogP contribution is 2.41. The van der Waals surface area contributed by atoms with Gasteiger partial charge in [-0.15, -0.1) is 0 Å². The molecule has 1 aliphatic heterocycles. The van der Waals surface area contributed by atoms with Gasteiger partial charge in [0, 0.05) is 17.7 Å². The van der Waals surface area contributed by atoms with Crippen LogP contribution in [-0.4, -0.2) is 27.2 Å². The maximum Gasteiger partial charge on any atom is 0.226 e. The largest absolute Gasteiger partial charge is 0.494 e. The monoisotopic (exact) mass is 324 g/mol. The number of hydrogen-bond acceptors (Lipinski definition) is 5. The van der Waals surface area contributed by atoms with E-state index in [1.165, 1.54) is 6.33 Å². The van der Waals surface area contributed by atoms with Crippen molar-refractivity contribution in [3.8, 4) is 5.75 Å². The lowest BCUT2D eigenvalue weighted by atomic mass is 9.81. The fourth-order valence-corrected chi connectivity index (χ4v) is 3.57. The van der Waals surface area contributed by atoms with Crippen LogP contribution in [0.25, 0.3) is 0 Å². The van der Waals surface area contributed by atoms with Crippen LogP contribution in [0.15, 0.2) is 41.9 Å². The summed E-state index contributed by atoms with van der Waals surface area (Å²) < 4.78 is 7.31. The summed E-state index contributed by atoms with van der Waals surface area (Å²) in [5.41, 5.74) is 2.82. The second kappa shape index (κ2) is 5.78. The molecule has 0 unspecified atom stereocenters. The zero-order valence-electron chi connectivity index (χ0n) is 13.8. The van der Waals surface area contributed by atoms with Crippen molar-refractivity contribution in [2.45, 2.75) is 32.7 Å². The first-order valence-corrected chi connectivity index (χ1v) is 8.33. The Labute approximate surface area is 140 Å².